The molecule has 0 radical (unpaired) electrons. The number of furan rings is 1. The van der Waals surface area contributed by atoms with Gasteiger partial charge < -0.3 is 14.6 Å². The predicted molar refractivity (Wildman–Crippen MR) is 107 cm³/mol. The first-order chi connectivity index (χ1) is 13.6. The molecule has 1 heterocycles. The minimum absolute atomic E-state index is 0.141. The van der Waals surface area contributed by atoms with Crippen molar-refractivity contribution in [1.29, 1.82) is 0 Å². The highest BCUT2D eigenvalue weighted by Crippen LogP contribution is 2.15. The molecule has 0 aliphatic carbocycles. The molecule has 0 bridgehead atoms. The molecule has 0 fully saturated rings. The van der Waals surface area contributed by atoms with Gasteiger partial charge in [-0.25, -0.2) is 0 Å². The van der Waals surface area contributed by atoms with Crippen molar-refractivity contribution in [2.75, 3.05) is 0 Å². The molecule has 0 aliphatic heterocycles. The van der Waals surface area contributed by atoms with Gasteiger partial charge in [-0.05, 0) is 23.3 Å². The maximum atomic E-state index is 13.0. The lowest BCUT2D eigenvalue weighted by Crippen LogP contribution is -2.49. The summed E-state index contributed by atoms with van der Waals surface area (Å²) in [7, 11) is 0. The molecule has 1 N–H and O–H groups in total. The first-order valence-corrected chi connectivity index (χ1v) is 9.28. The molecule has 2 aromatic carbocycles. The zero-order chi connectivity index (χ0) is 19.8. The Labute approximate surface area is 165 Å². The molecule has 3 aromatic rings. The fourth-order valence-corrected chi connectivity index (χ4v) is 3.11. The van der Waals surface area contributed by atoms with Crippen LogP contribution in [0.1, 0.15) is 23.8 Å². The Bertz CT molecular complexity index is 877. The van der Waals surface area contributed by atoms with Crippen LogP contribution < -0.4 is 5.32 Å². The lowest BCUT2D eigenvalue weighted by atomic mass is 10.0. The number of carbonyl (C=O) groups is 2. The van der Waals surface area contributed by atoms with Gasteiger partial charge in [-0.1, -0.05) is 60.7 Å². The quantitative estimate of drug-likeness (QED) is 0.654. The summed E-state index contributed by atoms with van der Waals surface area (Å²) in [5, 5.41) is 2.90. The zero-order valence-electron chi connectivity index (χ0n) is 15.9. The average Bonchev–Trinajstić information content (AvgIpc) is 3.24. The van der Waals surface area contributed by atoms with Gasteiger partial charge in [0.15, 0.2) is 0 Å². The molecule has 3 rings (SSSR count). The van der Waals surface area contributed by atoms with E-state index in [2.05, 4.69) is 5.32 Å². The topological polar surface area (TPSA) is 62.6 Å². The monoisotopic (exact) mass is 376 g/mol. The summed E-state index contributed by atoms with van der Waals surface area (Å²) in [5.41, 5.74) is 1.98. The van der Waals surface area contributed by atoms with E-state index >= 15 is 0 Å². The number of hydrogen-bond donors (Lipinski definition) is 1. The second-order valence-corrected chi connectivity index (χ2v) is 6.64. The van der Waals surface area contributed by atoms with Gasteiger partial charge >= 0.3 is 0 Å². The van der Waals surface area contributed by atoms with Crippen LogP contribution in [0.4, 0.5) is 0 Å². The van der Waals surface area contributed by atoms with E-state index in [4.69, 9.17) is 4.42 Å². The smallest absolute Gasteiger partial charge is 0.243 e. The SMILES string of the molecule is CC(=O)N(Cc1ccccc1)C(Cc1ccccc1)C(=O)NCc1ccco1. The number of nitrogens with zero attached hydrogens (tertiary/aromatic N) is 1. The Morgan fingerprint density at radius 3 is 2.14 bits per heavy atom. The summed E-state index contributed by atoms with van der Waals surface area (Å²) in [5.74, 6) is 0.327. The van der Waals surface area contributed by atoms with E-state index in [1.807, 2.05) is 60.7 Å². The Hall–Kier alpha value is -3.34. The van der Waals surface area contributed by atoms with Crippen LogP contribution in [0.3, 0.4) is 0 Å². The van der Waals surface area contributed by atoms with Crippen LogP contribution in [0.5, 0.6) is 0 Å². The fraction of sp³-hybridized carbons (Fsp3) is 0.217. The van der Waals surface area contributed by atoms with Gasteiger partial charge in [-0.2, -0.15) is 0 Å². The van der Waals surface area contributed by atoms with Crippen molar-refractivity contribution < 1.29 is 14.0 Å². The minimum Gasteiger partial charge on any atom is -0.467 e. The molecule has 0 spiro atoms. The molecule has 1 atom stereocenters. The third-order valence-corrected chi connectivity index (χ3v) is 4.57. The van der Waals surface area contributed by atoms with Crippen molar-refractivity contribution in [3.63, 3.8) is 0 Å². The van der Waals surface area contributed by atoms with Crippen molar-refractivity contribution in [3.8, 4) is 0 Å². The van der Waals surface area contributed by atoms with Crippen LogP contribution in [0, 0.1) is 0 Å². The predicted octanol–water partition coefficient (Wildman–Crippen LogP) is 3.56. The van der Waals surface area contributed by atoms with E-state index in [1.165, 1.54) is 6.92 Å². The molecule has 1 unspecified atom stereocenters. The molecule has 0 aliphatic rings. The molecule has 2 amide bonds. The number of nitrogens with one attached hydrogen (secondary N) is 1. The lowest BCUT2D eigenvalue weighted by molar-refractivity contribution is -0.139. The summed E-state index contributed by atoms with van der Waals surface area (Å²) >= 11 is 0. The number of benzene rings is 2. The Morgan fingerprint density at radius 2 is 1.57 bits per heavy atom. The fourth-order valence-electron chi connectivity index (χ4n) is 3.11. The summed E-state index contributed by atoms with van der Waals surface area (Å²) in [6.45, 7) is 2.16. The molecule has 144 valence electrons. The normalized spacial score (nSPS) is 11.6. The molecule has 0 saturated carbocycles. The van der Waals surface area contributed by atoms with Crippen molar-refractivity contribution in [3.05, 3.63) is 95.9 Å². The van der Waals surface area contributed by atoms with Crippen LogP contribution in [0.25, 0.3) is 0 Å². The van der Waals surface area contributed by atoms with Crippen LogP contribution >= 0.6 is 0 Å². The highest BCUT2D eigenvalue weighted by molar-refractivity contribution is 5.87. The summed E-state index contributed by atoms with van der Waals surface area (Å²) in [4.78, 5) is 27.1. The second kappa shape index (κ2) is 9.55. The number of amides is 2. The van der Waals surface area contributed by atoms with Gasteiger partial charge in [0.25, 0.3) is 0 Å². The van der Waals surface area contributed by atoms with Gasteiger partial charge in [0, 0.05) is 19.9 Å². The summed E-state index contributed by atoms with van der Waals surface area (Å²) < 4.78 is 5.29. The number of hydrogen-bond acceptors (Lipinski definition) is 3. The molecule has 0 saturated heterocycles. The maximum absolute atomic E-state index is 13.0. The van der Waals surface area contributed by atoms with E-state index in [-0.39, 0.29) is 18.4 Å². The molecular weight excluding hydrogens is 352 g/mol. The van der Waals surface area contributed by atoms with Crippen molar-refractivity contribution >= 4 is 11.8 Å². The van der Waals surface area contributed by atoms with Gasteiger partial charge in [0.1, 0.15) is 11.8 Å². The molecule has 28 heavy (non-hydrogen) atoms. The van der Waals surface area contributed by atoms with Crippen LogP contribution in [0.2, 0.25) is 0 Å². The van der Waals surface area contributed by atoms with Gasteiger partial charge in [0.2, 0.25) is 11.8 Å². The van der Waals surface area contributed by atoms with E-state index in [9.17, 15) is 9.59 Å². The third kappa shape index (κ3) is 5.33. The van der Waals surface area contributed by atoms with Gasteiger partial charge in [0.05, 0.1) is 12.8 Å². The maximum Gasteiger partial charge on any atom is 0.243 e. The van der Waals surface area contributed by atoms with E-state index in [0.717, 1.165) is 11.1 Å². The van der Waals surface area contributed by atoms with E-state index in [0.29, 0.717) is 18.7 Å². The zero-order valence-corrected chi connectivity index (χ0v) is 15.9. The molecule has 1 aromatic heterocycles. The number of rotatable bonds is 8. The molecule has 5 nitrogen and oxygen atoms in total. The first kappa shape index (κ1) is 19.4. The standard InChI is InChI=1S/C23H24N2O3/c1-18(26)25(17-20-11-6-3-7-12-20)22(15-19-9-4-2-5-10-19)23(27)24-16-21-13-8-14-28-21/h2-14,22H,15-17H2,1H3,(H,24,27). The number of carbonyl (C=O) groups excluding carboxylic acids is 2. The Kier molecular flexibility index (Phi) is 6.63. The van der Waals surface area contributed by atoms with E-state index < -0.39 is 6.04 Å². The largest absolute Gasteiger partial charge is 0.467 e. The van der Waals surface area contributed by atoms with Gasteiger partial charge in [-0.15, -0.1) is 0 Å². The third-order valence-electron chi connectivity index (χ3n) is 4.57. The lowest BCUT2D eigenvalue weighted by Gasteiger charge is -2.30. The Balaban J connectivity index is 1.81. The Morgan fingerprint density at radius 1 is 0.929 bits per heavy atom. The molecule has 5 heteroatoms. The van der Waals surface area contributed by atoms with E-state index in [1.54, 1.807) is 23.3 Å². The minimum atomic E-state index is -0.616. The highest BCUT2D eigenvalue weighted by atomic mass is 16.3. The summed E-state index contributed by atoms with van der Waals surface area (Å²) in [6, 6.07) is 22.4. The van der Waals surface area contributed by atoms with Gasteiger partial charge in [-0.3, -0.25) is 9.59 Å². The van der Waals surface area contributed by atoms with Crippen LogP contribution in [0.15, 0.2) is 83.5 Å². The van der Waals surface area contributed by atoms with Crippen molar-refractivity contribution in [1.82, 2.24) is 10.2 Å². The average molecular weight is 376 g/mol. The van der Waals surface area contributed by atoms with Crippen molar-refractivity contribution in [2.24, 2.45) is 0 Å². The highest BCUT2D eigenvalue weighted by Gasteiger charge is 2.28. The summed E-state index contributed by atoms with van der Waals surface area (Å²) in [6.07, 6.45) is 2.01. The first-order valence-electron chi connectivity index (χ1n) is 9.28. The molecular formula is C23H24N2O3. The second-order valence-electron chi connectivity index (χ2n) is 6.64. The van der Waals surface area contributed by atoms with Crippen molar-refractivity contribution in [2.45, 2.75) is 32.5 Å². The van der Waals surface area contributed by atoms with Crippen LogP contribution in [-0.2, 0) is 29.1 Å². The van der Waals surface area contributed by atoms with Crippen LogP contribution in [-0.4, -0.2) is 22.8 Å².